The zero-order valence-corrected chi connectivity index (χ0v) is 17.4. The first-order valence-corrected chi connectivity index (χ1v) is 10.3. The largest absolute Gasteiger partial charge is 0.497 e. The standard InChI is InChI=1S/C23H25N3O5/c1-30-17-6-4-16(5-7-17)23(9-13-31-14-10-23)15-25-19(27)8-12-26-21(28)18-3-2-11-24-20(18)22(26)29/h2-7,11H,8-10,12-15H2,1H3,(H,25,27). The van der Waals surface area contributed by atoms with E-state index in [1.807, 2.05) is 24.3 Å². The molecule has 8 nitrogen and oxygen atoms in total. The van der Waals surface area contributed by atoms with E-state index in [1.165, 1.54) is 6.20 Å². The molecule has 2 aromatic rings. The van der Waals surface area contributed by atoms with Crippen molar-refractivity contribution in [3.05, 3.63) is 59.4 Å². The Labute approximate surface area is 180 Å². The Morgan fingerprint density at radius 3 is 2.58 bits per heavy atom. The predicted molar refractivity (Wildman–Crippen MR) is 112 cm³/mol. The Hall–Kier alpha value is -3.26. The van der Waals surface area contributed by atoms with E-state index < -0.39 is 11.8 Å². The molecule has 0 unspecified atom stereocenters. The summed E-state index contributed by atoms with van der Waals surface area (Å²) in [6.45, 7) is 1.75. The summed E-state index contributed by atoms with van der Waals surface area (Å²) < 4.78 is 10.8. The van der Waals surface area contributed by atoms with E-state index in [4.69, 9.17) is 9.47 Å². The minimum Gasteiger partial charge on any atom is -0.497 e. The summed E-state index contributed by atoms with van der Waals surface area (Å²) in [6, 6.07) is 11.1. The van der Waals surface area contributed by atoms with Crippen LogP contribution in [0.4, 0.5) is 0 Å². The van der Waals surface area contributed by atoms with E-state index in [1.54, 1.807) is 19.2 Å². The number of benzene rings is 1. The van der Waals surface area contributed by atoms with Crippen LogP contribution in [0.2, 0.25) is 0 Å². The number of hydrogen-bond donors (Lipinski definition) is 1. The Bertz CT molecular complexity index is 948. The van der Waals surface area contributed by atoms with Gasteiger partial charge in [0, 0.05) is 44.3 Å². The fraction of sp³-hybridized carbons (Fsp3) is 0.391. The number of hydrogen-bond acceptors (Lipinski definition) is 6. The van der Waals surface area contributed by atoms with Gasteiger partial charge in [0.15, 0.2) is 0 Å². The number of carbonyl (C=O) groups excluding carboxylic acids is 3. The molecular weight excluding hydrogens is 398 g/mol. The van der Waals surface area contributed by atoms with Crippen LogP contribution in [0, 0.1) is 0 Å². The molecule has 3 amide bonds. The third kappa shape index (κ3) is 4.16. The normalized spacial score (nSPS) is 17.4. The molecule has 0 radical (unpaired) electrons. The van der Waals surface area contributed by atoms with E-state index in [0.29, 0.717) is 19.8 Å². The van der Waals surface area contributed by atoms with Crippen LogP contribution in [0.25, 0.3) is 0 Å². The number of aromatic nitrogens is 1. The first-order valence-electron chi connectivity index (χ1n) is 10.3. The third-order valence-electron chi connectivity index (χ3n) is 6.07. The summed E-state index contributed by atoms with van der Waals surface area (Å²) in [5.74, 6) is -0.276. The van der Waals surface area contributed by atoms with Crippen molar-refractivity contribution in [3.8, 4) is 5.75 Å². The maximum atomic E-state index is 12.6. The Morgan fingerprint density at radius 1 is 1.16 bits per heavy atom. The van der Waals surface area contributed by atoms with Gasteiger partial charge in [-0.05, 0) is 42.7 Å². The molecule has 1 N–H and O–H groups in total. The van der Waals surface area contributed by atoms with Crippen LogP contribution < -0.4 is 10.1 Å². The highest BCUT2D eigenvalue weighted by Gasteiger charge is 2.37. The van der Waals surface area contributed by atoms with Crippen molar-refractivity contribution < 1.29 is 23.9 Å². The monoisotopic (exact) mass is 423 g/mol. The minimum absolute atomic E-state index is 0.0263. The topological polar surface area (TPSA) is 97.8 Å². The average Bonchev–Trinajstić information content (AvgIpc) is 3.06. The van der Waals surface area contributed by atoms with Gasteiger partial charge in [0.25, 0.3) is 11.8 Å². The molecule has 3 heterocycles. The SMILES string of the molecule is COc1ccc(C2(CNC(=O)CCN3C(=O)c4cccnc4C3=O)CCOCC2)cc1. The number of carbonyl (C=O) groups is 3. The second-order valence-electron chi connectivity index (χ2n) is 7.81. The molecule has 8 heteroatoms. The van der Waals surface area contributed by atoms with Crippen molar-refractivity contribution in [1.29, 1.82) is 0 Å². The Morgan fingerprint density at radius 2 is 1.90 bits per heavy atom. The van der Waals surface area contributed by atoms with E-state index in [9.17, 15) is 14.4 Å². The molecule has 2 aliphatic heterocycles. The van der Waals surface area contributed by atoms with Gasteiger partial charge in [-0.3, -0.25) is 24.3 Å². The summed E-state index contributed by atoms with van der Waals surface area (Å²) in [7, 11) is 1.63. The van der Waals surface area contributed by atoms with E-state index in [2.05, 4.69) is 10.3 Å². The van der Waals surface area contributed by atoms with E-state index in [0.717, 1.165) is 29.1 Å². The molecule has 0 bridgehead atoms. The van der Waals surface area contributed by atoms with Gasteiger partial charge in [0.05, 0.1) is 12.7 Å². The molecule has 1 saturated heterocycles. The number of ether oxygens (including phenoxy) is 2. The maximum Gasteiger partial charge on any atom is 0.280 e. The van der Waals surface area contributed by atoms with Crippen molar-refractivity contribution in [3.63, 3.8) is 0 Å². The molecule has 0 atom stereocenters. The molecule has 0 aliphatic carbocycles. The second kappa shape index (κ2) is 8.85. The van der Waals surface area contributed by atoms with Gasteiger partial charge in [-0.1, -0.05) is 12.1 Å². The zero-order valence-electron chi connectivity index (χ0n) is 17.4. The first-order chi connectivity index (χ1) is 15.0. The van der Waals surface area contributed by atoms with Gasteiger partial charge in [0.1, 0.15) is 11.4 Å². The lowest BCUT2D eigenvalue weighted by Gasteiger charge is -2.38. The molecular formula is C23H25N3O5. The number of rotatable bonds is 7. The molecule has 31 heavy (non-hydrogen) atoms. The quantitative estimate of drug-likeness (QED) is 0.684. The van der Waals surface area contributed by atoms with Crippen molar-refractivity contribution >= 4 is 17.7 Å². The maximum absolute atomic E-state index is 12.6. The lowest BCUT2D eigenvalue weighted by atomic mass is 9.74. The summed E-state index contributed by atoms with van der Waals surface area (Å²) in [4.78, 5) is 42.5. The number of pyridine rings is 1. The van der Waals surface area contributed by atoms with Crippen LogP contribution in [0.15, 0.2) is 42.6 Å². The molecule has 2 aliphatic rings. The molecule has 1 fully saturated rings. The van der Waals surface area contributed by atoms with Crippen LogP contribution >= 0.6 is 0 Å². The van der Waals surface area contributed by atoms with Gasteiger partial charge in [-0.15, -0.1) is 0 Å². The summed E-state index contributed by atoms with van der Waals surface area (Å²) in [6.07, 6.45) is 3.11. The molecule has 162 valence electrons. The van der Waals surface area contributed by atoms with Crippen LogP contribution in [0.1, 0.15) is 45.7 Å². The lowest BCUT2D eigenvalue weighted by Crippen LogP contribution is -2.45. The van der Waals surface area contributed by atoms with Crippen LogP contribution in [-0.2, 0) is 14.9 Å². The lowest BCUT2D eigenvalue weighted by molar-refractivity contribution is -0.121. The number of imide groups is 1. The fourth-order valence-electron chi connectivity index (χ4n) is 4.16. The van der Waals surface area contributed by atoms with Crippen molar-refractivity contribution in [1.82, 2.24) is 15.2 Å². The van der Waals surface area contributed by atoms with Gasteiger partial charge in [-0.25, -0.2) is 0 Å². The van der Waals surface area contributed by atoms with Crippen LogP contribution in [-0.4, -0.2) is 61.0 Å². The Balaban J connectivity index is 1.37. The highest BCUT2D eigenvalue weighted by Crippen LogP contribution is 2.35. The number of amides is 3. The smallest absolute Gasteiger partial charge is 0.280 e. The predicted octanol–water partition coefficient (Wildman–Crippen LogP) is 1.94. The highest BCUT2D eigenvalue weighted by molar-refractivity contribution is 6.20. The summed E-state index contributed by atoms with van der Waals surface area (Å²) in [5.41, 5.74) is 1.34. The molecule has 0 spiro atoms. The molecule has 4 rings (SSSR count). The van der Waals surface area contributed by atoms with Crippen molar-refractivity contribution in [2.24, 2.45) is 0 Å². The van der Waals surface area contributed by atoms with Crippen LogP contribution in [0.3, 0.4) is 0 Å². The van der Waals surface area contributed by atoms with E-state index in [-0.39, 0.29) is 35.5 Å². The van der Waals surface area contributed by atoms with Crippen molar-refractivity contribution in [2.45, 2.75) is 24.7 Å². The van der Waals surface area contributed by atoms with Gasteiger partial charge < -0.3 is 14.8 Å². The highest BCUT2D eigenvalue weighted by atomic mass is 16.5. The Kier molecular flexibility index (Phi) is 5.99. The van der Waals surface area contributed by atoms with Gasteiger partial charge in [0.2, 0.25) is 5.91 Å². The third-order valence-corrected chi connectivity index (χ3v) is 6.07. The van der Waals surface area contributed by atoms with Crippen LogP contribution in [0.5, 0.6) is 5.75 Å². The number of fused-ring (bicyclic) bond motifs is 1. The summed E-state index contributed by atoms with van der Waals surface area (Å²) >= 11 is 0. The average molecular weight is 423 g/mol. The second-order valence-corrected chi connectivity index (χ2v) is 7.81. The summed E-state index contributed by atoms with van der Waals surface area (Å²) in [5, 5.41) is 3.00. The van der Waals surface area contributed by atoms with Crippen molar-refractivity contribution in [2.75, 3.05) is 33.4 Å². The molecule has 0 saturated carbocycles. The van der Waals surface area contributed by atoms with E-state index >= 15 is 0 Å². The zero-order chi connectivity index (χ0) is 21.8. The molecule has 1 aromatic carbocycles. The van der Waals surface area contributed by atoms with Gasteiger partial charge >= 0.3 is 0 Å². The molecule has 1 aromatic heterocycles. The fourth-order valence-corrected chi connectivity index (χ4v) is 4.16. The number of methoxy groups -OCH3 is 1. The minimum atomic E-state index is -0.451. The number of nitrogens with zero attached hydrogens (tertiary/aromatic N) is 2. The van der Waals surface area contributed by atoms with Gasteiger partial charge in [-0.2, -0.15) is 0 Å². The number of nitrogens with one attached hydrogen (secondary N) is 1. The first kappa shape index (κ1) is 21.0.